The predicted molar refractivity (Wildman–Crippen MR) is 39.5 cm³/mol. The molecule has 2 nitrogen and oxygen atoms in total. The van der Waals surface area contributed by atoms with Crippen molar-refractivity contribution in [3.8, 4) is 0 Å². The van der Waals surface area contributed by atoms with E-state index in [-0.39, 0.29) is 0 Å². The van der Waals surface area contributed by atoms with Crippen LogP contribution in [0.1, 0.15) is 6.92 Å². The van der Waals surface area contributed by atoms with Gasteiger partial charge in [-0.2, -0.15) is 0 Å². The summed E-state index contributed by atoms with van der Waals surface area (Å²) >= 11 is 0. The molecule has 0 saturated carbocycles. The first-order valence-corrected chi connectivity index (χ1v) is 2.70. The molecule has 0 aliphatic carbocycles. The Morgan fingerprint density at radius 1 is 1.67 bits per heavy atom. The summed E-state index contributed by atoms with van der Waals surface area (Å²) in [6.07, 6.45) is 4.96. The molecule has 0 heterocycles. The van der Waals surface area contributed by atoms with Gasteiger partial charge in [0.05, 0.1) is 7.11 Å². The van der Waals surface area contributed by atoms with Crippen molar-refractivity contribution in [2.75, 3.05) is 7.11 Å². The van der Waals surface area contributed by atoms with E-state index < -0.39 is 0 Å². The van der Waals surface area contributed by atoms with Gasteiger partial charge in [0.25, 0.3) is 0 Å². The Hall–Kier alpha value is -1.05. The van der Waals surface area contributed by atoms with Crippen molar-refractivity contribution in [1.82, 2.24) is 0 Å². The number of allylic oxidation sites excluding steroid dienone is 2. The number of hydrogen-bond donors (Lipinski definition) is 0. The van der Waals surface area contributed by atoms with Gasteiger partial charge in [0.15, 0.2) is 0 Å². The Kier molecular flexibility index (Phi) is 4.50. The van der Waals surface area contributed by atoms with Crippen molar-refractivity contribution in [2.45, 2.75) is 6.92 Å². The fourth-order valence-electron chi connectivity index (χ4n) is 0.371. The maximum atomic E-state index is 4.82. The molecule has 0 aromatic rings. The van der Waals surface area contributed by atoms with Crippen molar-refractivity contribution >= 4 is 6.21 Å². The molecule has 0 atom stereocenters. The average molecular weight is 125 g/mol. The second kappa shape index (κ2) is 5.09. The number of aliphatic imine (C=N–C) groups is 1. The van der Waals surface area contributed by atoms with Crippen LogP contribution < -0.4 is 0 Å². The second-order valence-corrected chi connectivity index (χ2v) is 1.34. The molecule has 0 unspecified atom stereocenters. The van der Waals surface area contributed by atoms with Crippen LogP contribution in [0.5, 0.6) is 0 Å². The number of nitrogens with zero attached hydrogens (tertiary/aromatic N) is 1. The highest BCUT2D eigenvalue weighted by Gasteiger charge is 1.81. The highest BCUT2D eigenvalue weighted by Crippen LogP contribution is 1.93. The van der Waals surface area contributed by atoms with Gasteiger partial charge in [0, 0.05) is 6.21 Å². The van der Waals surface area contributed by atoms with Gasteiger partial charge in [-0.15, -0.1) is 0 Å². The highest BCUT2D eigenvalue weighted by atomic mass is 16.5. The lowest BCUT2D eigenvalue weighted by molar-refractivity contribution is 0.288. The van der Waals surface area contributed by atoms with E-state index in [1.165, 1.54) is 0 Å². The number of rotatable bonds is 3. The molecule has 0 saturated heterocycles. The van der Waals surface area contributed by atoms with Crippen LogP contribution in [0.4, 0.5) is 0 Å². The molecule has 0 aromatic carbocycles. The Labute approximate surface area is 55.6 Å². The van der Waals surface area contributed by atoms with Crippen molar-refractivity contribution < 1.29 is 4.74 Å². The zero-order chi connectivity index (χ0) is 7.11. The topological polar surface area (TPSA) is 21.6 Å². The number of hydrogen-bond acceptors (Lipinski definition) is 2. The molecule has 2 heteroatoms. The zero-order valence-electron chi connectivity index (χ0n) is 5.79. The fraction of sp³-hybridized carbons (Fsp3) is 0.286. The summed E-state index contributed by atoms with van der Waals surface area (Å²) in [6, 6.07) is 0. The molecule has 0 bridgehead atoms. The summed E-state index contributed by atoms with van der Waals surface area (Å²) in [5.41, 5.74) is 0. The number of methoxy groups -OCH3 is 1. The third-order valence-corrected chi connectivity index (χ3v) is 0.763. The van der Waals surface area contributed by atoms with Crippen LogP contribution in [0.25, 0.3) is 0 Å². The molecule has 0 aromatic heterocycles. The lowest BCUT2D eigenvalue weighted by Crippen LogP contribution is -1.80. The van der Waals surface area contributed by atoms with Gasteiger partial charge in [-0.3, -0.25) is 0 Å². The van der Waals surface area contributed by atoms with Crippen molar-refractivity contribution in [2.24, 2.45) is 4.99 Å². The Bertz CT molecular complexity index is 136. The summed E-state index contributed by atoms with van der Waals surface area (Å²) < 4.78 is 4.82. The normalized spacial score (nSPS) is 12.0. The standard InChI is InChI=1S/C7H11NO/c1-4-6-8-7(5-2)9-3/h4-6H,1H2,2-3H3/b7-5+,8-6-. The molecule has 0 aliphatic heterocycles. The van der Waals surface area contributed by atoms with Gasteiger partial charge in [0.2, 0.25) is 5.88 Å². The molecule has 9 heavy (non-hydrogen) atoms. The molecule has 0 amide bonds. The SMILES string of the molecule is C=C/C=N\C(=C/C)OC. The van der Waals surface area contributed by atoms with Crippen LogP contribution in [0.15, 0.2) is 29.6 Å². The molecule has 0 N–H and O–H groups in total. The Balaban J connectivity index is 3.84. The molecule has 50 valence electrons. The van der Waals surface area contributed by atoms with E-state index in [0.717, 1.165) is 0 Å². The van der Waals surface area contributed by atoms with E-state index >= 15 is 0 Å². The minimum atomic E-state index is 0.606. The van der Waals surface area contributed by atoms with E-state index in [1.54, 1.807) is 25.5 Å². The first-order valence-electron chi connectivity index (χ1n) is 2.70. The average Bonchev–Trinajstić information content (AvgIpc) is 1.91. The lowest BCUT2D eigenvalue weighted by atomic mass is 10.6. The fourth-order valence-corrected chi connectivity index (χ4v) is 0.371. The van der Waals surface area contributed by atoms with Crippen LogP contribution in [0.3, 0.4) is 0 Å². The van der Waals surface area contributed by atoms with Gasteiger partial charge in [-0.25, -0.2) is 4.99 Å². The maximum Gasteiger partial charge on any atom is 0.208 e. The van der Waals surface area contributed by atoms with Crippen LogP contribution in [-0.2, 0) is 4.74 Å². The summed E-state index contributed by atoms with van der Waals surface area (Å²) in [6.45, 7) is 5.33. The molecular formula is C7H11NO. The Morgan fingerprint density at radius 2 is 2.33 bits per heavy atom. The van der Waals surface area contributed by atoms with E-state index in [4.69, 9.17) is 4.74 Å². The van der Waals surface area contributed by atoms with Crippen molar-refractivity contribution in [3.05, 3.63) is 24.6 Å². The molecule has 0 spiro atoms. The second-order valence-electron chi connectivity index (χ2n) is 1.34. The van der Waals surface area contributed by atoms with Crippen molar-refractivity contribution in [1.29, 1.82) is 0 Å². The minimum Gasteiger partial charge on any atom is -0.481 e. The summed E-state index contributed by atoms with van der Waals surface area (Å²) in [5.74, 6) is 0.606. The van der Waals surface area contributed by atoms with Crippen molar-refractivity contribution in [3.63, 3.8) is 0 Å². The highest BCUT2D eigenvalue weighted by molar-refractivity contribution is 5.70. The van der Waals surface area contributed by atoms with Gasteiger partial charge < -0.3 is 4.74 Å². The van der Waals surface area contributed by atoms with Crippen LogP contribution in [0, 0.1) is 0 Å². The number of ether oxygens (including phenoxy) is 1. The van der Waals surface area contributed by atoms with E-state index in [0.29, 0.717) is 5.88 Å². The minimum absolute atomic E-state index is 0.606. The van der Waals surface area contributed by atoms with E-state index in [9.17, 15) is 0 Å². The zero-order valence-corrected chi connectivity index (χ0v) is 5.79. The van der Waals surface area contributed by atoms with Gasteiger partial charge in [-0.1, -0.05) is 12.7 Å². The van der Waals surface area contributed by atoms with Gasteiger partial charge >= 0.3 is 0 Å². The van der Waals surface area contributed by atoms with E-state index in [2.05, 4.69) is 11.6 Å². The first kappa shape index (κ1) is 7.95. The van der Waals surface area contributed by atoms with Gasteiger partial charge in [-0.05, 0) is 13.0 Å². The smallest absolute Gasteiger partial charge is 0.208 e. The molecule has 0 fully saturated rings. The molecule has 0 rings (SSSR count). The third kappa shape index (κ3) is 3.53. The monoisotopic (exact) mass is 125 g/mol. The first-order chi connectivity index (χ1) is 4.35. The lowest BCUT2D eigenvalue weighted by Gasteiger charge is -1.94. The maximum absolute atomic E-state index is 4.82. The molecular weight excluding hydrogens is 114 g/mol. The largest absolute Gasteiger partial charge is 0.481 e. The quantitative estimate of drug-likeness (QED) is 0.416. The summed E-state index contributed by atoms with van der Waals surface area (Å²) in [5, 5.41) is 0. The van der Waals surface area contributed by atoms with Crippen LogP contribution in [0.2, 0.25) is 0 Å². The van der Waals surface area contributed by atoms with E-state index in [1.807, 2.05) is 6.92 Å². The Morgan fingerprint density at radius 3 is 2.67 bits per heavy atom. The summed E-state index contributed by atoms with van der Waals surface area (Å²) in [7, 11) is 1.58. The molecule has 0 aliphatic rings. The van der Waals surface area contributed by atoms with Crippen LogP contribution in [-0.4, -0.2) is 13.3 Å². The predicted octanol–water partition coefficient (Wildman–Crippen LogP) is 1.75. The summed E-state index contributed by atoms with van der Waals surface area (Å²) in [4.78, 5) is 3.88. The van der Waals surface area contributed by atoms with Crippen LogP contribution >= 0.6 is 0 Å². The third-order valence-electron chi connectivity index (χ3n) is 0.763. The van der Waals surface area contributed by atoms with Gasteiger partial charge in [0.1, 0.15) is 0 Å². The molecule has 0 radical (unpaired) electrons.